The van der Waals surface area contributed by atoms with Gasteiger partial charge in [0, 0.05) is 5.56 Å². The van der Waals surface area contributed by atoms with E-state index in [2.05, 4.69) is 6.08 Å². The van der Waals surface area contributed by atoms with Crippen LogP contribution < -0.4 is 0 Å². The Bertz CT molecular complexity index is 270. The van der Waals surface area contributed by atoms with Crippen molar-refractivity contribution in [3.05, 3.63) is 47.5 Å². The number of hydrogen-bond donors (Lipinski definition) is 0. The maximum atomic E-state index is 10.3. The molecule has 0 spiro atoms. The van der Waals surface area contributed by atoms with E-state index in [0.717, 1.165) is 18.3 Å². The zero-order valence-corrected chi connectivity index (χ0v) is 7.16. The highest BCUT2D eigenvalue weighted by Gasteiger charge is 1.90. The highest BCUT2D eigenvalue weighted by atomic mass is 16.1. The molecular weight excluding hydrogens is 148 g/mol. The molecule has 1 heteroatoms. The zero-order valence-electron chi connectivity index (χ0n) is 7.16. The van der Waals surface area contributed by atoms with E-state index in [4.69, 9.17) is 0 Å². The number of benzene rings is 1. The van der Waals surface area contributed by atoms with Crippen LogP contribution in [0.15, 0.2) is 36.4 Å². The van der Waals surface area contributed by atoms with Crippen molar-refractivity contribution >= 4 is 6.29 Å². The van der Waals surface area contributed by atoms with E-state index >= 15 is 0 Å². The van der Waals surface area contributed by atoms with Gasteiger partial charge in [0.1, 0.15) is 6.29 Å². The van der Waals surface area contributed by atoms with Crippen LogP contribution in [-0.2, 0) is 6.42 Å². The van der Waals surface area contributed by atoms with Crippen LogP contribution in [0.25, 0.3) is 0 Å². The minimum absolute atomic E-state index is 0.735. The molecule has 0 aromatic heterocycles. The summed E-state index contributed by atoms with van der Waals surface area (Å²) in [6.07, 6.45) is 5.92. The van der Waals surface area contributed by atoms with Crippen LogP contribution in [0, 0.1) is 0 Å². The molecule has 0 heterocycles. The minimum atomic E-state index is 0.735. The van der Waals surface area contributed by atoms with E-state index in [-0.39, 0.29) is 0 Å². The molecule has 1 nitrogen and oxygen atoms in total. The Morgan fingerprint density at radius 2 is 1.92 bits per heavy atom. The topological polar surface area (TPSA) is 17.1 Å². The summed E-state index contributed by atoms with van der Waals surface area (Å²) in [6.45, 7) is 2.00. The van der Waals surface area contributed by atoms with Gasteiger partial charge in [-0.1, -0.05) is 36.4 Å². The van der Waals surface area contributed by atoms with Crippen LogP contribution in [0.5, 0.6) is 0 Å². The third kappa shape index (κ3) is 2.35. The molecule has 0 aliphatic carbocycles. The largest absolute Gasteiger partial charge is 0.298 e. The van der Waals surface area contributed by atoms with E-state index in [9.17, 15) is 4.79 Å². The van der Waals surface area contributed by atoms with E-state index in [0.29, 0.717) is 0 Å². The summed E-state index contributed by atoms with van der Waals surface area (Å²) < 4.78 is 0. The third-order valence-corrected chi connectivity index (χ3v) is 1.71. The van der Waals surface area contributed by atoms with Gasteiger partial charge in [-0.15, -0.1) is 0 Å². The molecule has 0 saturated heterocycles. The normalized spacial score (nSPS) is 10.4. The summed E-state index contributed by atoms with van der Waals surface area (Å²) in [7, 11) is 0. The van der Waals surface area contributed by atoms with Gasteiger partial charge in [-0.3, -0.25) is 4.79 Å². The van der Waals surface area contributed by atoms with Crippen LogP contribution in [0.3, 0.4) is 0 Å². The van der Waals surface area contributed by atoms with E-state index in [1.54, 1.807) is 0 Å². The molecule has 12 heavy (non-hydrogen) atoms. The summed E-state index contributed by atoms with van der Waals surface area (Å²) in [5.74, 6) is 0. The van der Waals surface area contributed by atoms with Crippen LogP contribution in [0.2, 0.25) is 0 Å². The van der Waals surface area contributed by atoms with Gasteiger partial charge >= 0.3 is 0 Å². The Hall–Kier alpha value is -1.37. The smallest absolute Gasteiger partial charge is 0.150 e. The lowest BCUT2D eigenvalue weighted by Gasteiger charge is -1.95. The molecule has 0 aliphatic heterocycles. The first-order chi connectivity index (χ1) is 5.86. The van der Waals surface area contributed by atoms with Gasteiger partial charge in [0.25, 0.3) is 0 Å². The van der Waals surface area contributed by atoms with Crippen molar-refractivity contribution < 1.29 is 4.79 Å². The molecule has 62 valence electrons. The standard InChI is InChI=1S/C11H12O/c1-2-3-4-10-5-7-11(9-12)8-6-10/h2-3,5-9H,4H2,1H3/b3-2+. The molecule has 1 rings (SSSR count). The summed E-state index contributed by atoms with van der Waals surface area (Å²) in [5, 5.41) is 0. The fourth-order valence-electron chi connectivity index (χ4n) is 0.986. The lowest BCUT2D eigenvalue weighted by Crippen LogP contribution is -1.82. The number of rotatable bonds is 3. The first-order valence-corrected chi connectivity index (χ1v) is 4.02. The Balaban J connectivity index is 2.70. The average molecular weight is 160 g/mol. The van der Waals surface area contributed by atoms with Crippen molar-refractivity contribution in [1.29, 1.82) is 0 Å². The van der Waals surface area contributed by atoms with Gasteiger partial charge in [-0.25, -0.2) is 0 Å². The second-order valence-corrected chi connectivity index (χ2v) is 2.63. The van der Waals surface area contributed by atoms with Crippen LogP contribution in [0.1, 0.15) is 22.8 Å². The third-order valence-electron chi connectivity index (χ3n) is 1.71. The molecule has 0 fully saturated rings. The molecule has 0 radical (unpaired) electrons. The molecule has 0 unspecified atom stereocenters. The van der Waals surface area contributed by atoms with Gasteiger partial charge in [0.2, 0.25) is 0 Å². The van der Waals surface area contributed by atoms with Crippen molar-refractivity contribution in [1.82, 2.24) is 0 Å². The van der Waals surface area contributed by atoms with Gasteiger partial charge in [0.15, 0.2) is 0 Å². The van der Waals surface area contributed by atoms with Crippen LogP contribution in [-0.4, -0.2) is 6.29 Å². The van der Waals surface area contributed by atoms with Crippen LogP contribution in [0.4, 0.5) is 0 Å². The van der Waals surface area contributed by atoms with Crippen molar-refractivity contribution in [3.63, 3.8) is 0 Å². The lowest BCUT2D eigenvalue weighted by molar-refractivity contribution is 0.112. The molecule has 0 N–H and O–H groups in total. The second kappa shape index (κ2) is 4.50. The molecule has 0 amide bonds. The quantitative estimate of drug-likeness (QED) is 0.490. The fraction of sp³-hybridized carbons (Fsp3) is 0.182. The molecular formula is C11H12O. The lowest BCUT2D eigenvalue weighted by atomic mass is 10.1. The maximum absolute atomic E-state index is 10.3. The minimum Gasteiger partial charge on any atom is -0.298 e. The van der Waals surface area contributed by atoms with Crippen molar-refractivity contribution in [2.75, 3.05) is 0 Å². The fourth-order valence-corrected chi connectivity index (χ4v) is 0.986. The van der Waals surface area contributed by atoms with Crippen molar-refractivity contribution in [3.8, 4) is 0 Å². The van der Waals surface area contributed by atoms with Crippen LogP contribution >= 0.6 is 0 Å². The van der Waals surface area contributed by atoms with Gasteiger partial charge in [-0.2, -0.15) is 0 Å². The summed E-state index contributed by atoms with van der Waals surface area (Å²) >= 11 is 0. The highest BCUT2D eigenvalue weighted by molar-refractivity contribution is 5.74. The maximum Gasteiger partial charge on any atom is 0.150 e. The molecule has 0 atom stereocenters. The molecule has 1 aromatic rings. The number of allylic oxidation sites excluding steroid dienone is 2. The predicted octanol–water partition coefficient (Wildman–Crippen LogP) is 2.62. The Labute approximate surface area is 72.7 Å². The SMILES string of the molecule is C/C=C/Cc1ccc(C=O)cc1. The molecule has 0 aliphatic rings. The second-order valence-electron chi connectivity index (χ2n) is 2.63. The molecule has 1 aromatic carbocycles. The Kier molecular flexibility index (Phi) is 3.27. The number of hydrogen-bond acceptors (Lipinski definition) is 1. The summed E-state index contributed by atoms with van der Waals surface area (Å²) in [5.41, 5.74) is 1.97. The van der Waals surface area contributed by atoms with E-state index in [1.165, 1.54) is 5.56 Å². The van der Waals surface area contributed by atoms with Gasteiger partial charge < -0.3 is 0 Å². The van der Waals surface area contributed by atoms with Gasteiger partial charge in [0.05, 0.1) is 0 Å². The first kappa shape index (κ1) is 8.72. The molecule has 0 bridgehead atoms. The number of aldehydes is 1. The van der Waals surface area contributed by atoms with Gasteiger partial charge in [-0.05, 0) is 18.9 Å². The average Bonchev–Trinajstić information content (AvgIpc) is 2.15. The van der Waals surface area contributed by atoms with Crippen molar-refractivity contribution in [2.45, 2.75) is 13.3 Å². The summed E-state index contributed by atoms with van der Waals surface area (Å²) in [4.78, 5) is 10.3. The zero-order chi connectivity index (χ0) is 8.81. The number of carbonyl (C=O) groups excluding carboxylic acids is 1. The van der Waals surface area contributed by atoms with E-state index < -0.39 is 0 Å². The van der Waals surface area contributed by atoms with Crippen molar-refractivity contribution in [2.24, 2.45) is 0 Å². The first-order valence-electron chi connectivity index (χ1n) is 4.02. The molecule has 0 saturated carbocycles. The highest BCUT2D eigenvalue weighted by Crippen LogP contribution is 2.03. The monoisotopic (exact) mass is 160 g/mol. The van der Waals surface area contributed by atoms with E-state index in [1.807, 2.05) is 37.3 Å². The summed E-state index contributed by atoms with van der Waals surface area (Å²) in [6, 6.07) is 7.63. The predicted molar refractivity (Wildman–Crippen MR) is 50.3 cm³/mol. The number of carbonyl (C=O) groups is 1. The Morgan fingerprint density at radius 3 is 2.42 bits per heavy atom. The Morgan fingerprint density at radius 1 is 1.25 bits per heavy atom.